The van der Waals surface area contributed by atoms with Gasteiger partial charge >= 0.3 is 0 Å². The van der Waals surface area contributed by atoms with Gasteiger partial charge < -0.3 is 14.7 Å². The van der Waals surface area contributed by atoms with Gasteiger partial charge in [0.2, 0.25) is 11.0 Å². The molecule has 8 heteroatoms. The number of rotatable bonds is 4. The van der Waals surface area contributed by atoms with Gasteiger partial charge in [-0.2, -0.15) is 0 Å². The van der Waals surface area contributed by atoms with Crippen LogP contribution in [0.3, 0.4) is 0 Å². The first-order valence-corrected chi connectivity index (χ1v) is 10.8. The Morgan fingerprint density at radius 1 is 1.15 bits per heavy atom. The summed E-state index contributed by atoms with van der Waals surface area (Å²) in [5.74, 6) is 0.560. The molecular weight excluding hydrogens is 366 g/mol. The van der Waals surface area contributed by atoms with Gasteiger partial charge in [-0.05, 0) is 31.5 Å². The number of hydrogen-bond donors (Lipinski definition) is 0. The van der Waals surface area contributed by atoms with Crippen LogP contribution in [0.2, 0.25) is 0 Å². The molecular formula is C18H23N5OS2. The highest BCUT2D eigenvalue weighted by Crippen LogP contribution is 2.31. The number of hydrogen-bond acceptors (Lipinski definition) is 7. The zero-order valence-electron chi connectivity index (χ0n) is 14.9. The molecule has 3 heterocycles. The lowest BCUT2D eigenvalue weighted by atomic mass is 10.0. The van der Waals surface area contributed by atoms with Gasteiger partial charge in [0.15, 0.2) is 4.34 Å². The molecule has 2 aromatic rings. The monoisotopic (exact) mass is 389 g/mol. The zero-order chi connectivity index (χ0) is 17.9. The largest absolute Gasteiger partial charge is 0.344 e. The molecule has 26 heavy (non-hydrogen) atoms. The Kier molecular flexibility index (Phi) is 5.42. The Hall–Kier alpha value is -1.64. The summed E-state index contributed by atoms with van der Waals surface area (Å²) in [4.78, 5) is 19.3. The summed E-state index contributed by atoms with van der Waals surface area (Å²) in [7, 11) is 2.14. The van der Waals surface area contributed by atoms with Crippen LogP contribution in [-0.4, -0.2) is 66.5 Å². The number of thioether (sulfide) groups is 1. The van der Waals surface area contributed by atoms with E-state index in [0.29, 0.717) is 5.75 Å². The Morgan fingerprint density at radius 3 is 2.81 bits per heavy atom. The Labute approximate surface area is 162 Å². The van der Waals surface area contributed by atoms with Crippen molar-refractivity contribution in [1.82, 2.24) is 15.1 Å². The van der Waals surface area contributed by atoms with Crippen molar-refractivity contribution in [2.75, 3.05) is 55.3 Å². The van der Waals surface area contributed by atoms with E-state index >= 15 is 0 Å². The zero-order valence-corrected chi connectivity index (χ0v) is 16.6. The van der Waals surface area contributed by atoms with Crippen LogP contribution in [0.15, 0.2) is 28.6 Å². The Bertz CT molecular complexity index is 772. The SMILES string of the molecule is CN1CCN(c2nnc(SCC(=O)N3CCCc4ccccc43)s2)CC1. The third-order valence-electron chi connectivity index (χ3n) is 4.90. The predicted molar refractivity (Wildman–Crippen MR) is 107 cm³/mol. The maximum Gasteiger partial charge on any atom is 0.237 e. The van der Waals surface area contributed by atoms with Crippen LogP contribution >= 0.6 is 23.1 Å². The van der Waals surface area contributed by atoms with Gasteiger partial charge in [0.25, 0.3) is 0 Å². The van der Waals surface area contributed by atoms with Crippen molar-refractivity contribution in [3.63, 3.8) is 0 Å². The third-order valence-corrected chi connectivity index (χ3v) is 7.00. The van der Waals surface area contributed by atoms with Crippen LogP contribution in [0.4, 0.5) is 10.8 Å². The molecule has 0 N–H and O–H groups in total. The molecule has 0 atom stereocenters. The number of carbonyl (C=O) groups is 1. The quantitative estimate of drug-likeness (QED) is 0.749. The minimum absolute atomic E-state index is 0.151. The first-order chi connectivity index (χ1) is 12.7. The Balaban J connectivity index is 1.36. The number of fused-ring (bicyclic) bond motifs is 1. The first kappa shape index (κ1) is 17.8. The molecule has 1 aromatic heterocycles. The lowest BCUT2D eigenvalue weighted by Crippen LogP contribution is -2.44. The van der Waals surface area contributed by atoms with Gasteiger partial charge in [-0.15, -0.1) is 10.2 Å². The fourth-order valence-corrected chi connectivity index (χ4v) is 5.15. The second-order valence-corrected chi connectivity index (χ2v) is 8.89. The van der Waals surface area contributed by atoms with Crippen molar-refractivity contribution >= 4 is 39.8 Å². The number of anilines is 2. The molecule has 0 radical (unpaired) electrons. The second kappa shape index (κ2) is 7.94. The van der Waals surface area contributed by atoms with Crippen LogP contribution < -0.4 is 9.80 Å². The van der Waals surface area contributed by atoms with Crippen molar-refractivity contribution in [3.05, 3.63) is 29.8 Å². The van der Waals surface area contributed by atoms with Gasteiger partial charge in [-0.3, -0.25) is 4.79 Å². The minimum Gasteiger partial charge on any atom is -0.344 e. The highest BCUT2D eigenvalue weighted by molar-refractivity contribution is 8.01. The van der Waals surface area contributed by atoms with E-state index in [0.717, 1.165) is 60.7 Å². The van der Waals surface area contributed by atoms with E-state index in [9.17, 15) is 4.79 Å². The van der Waals surface area contributed by atoms with Crippen molar-refractivity contribution in [2.45, 2.75) is 17.2 Å². The number of likely N-dealkylation sites (N-methyl/N-ethyl adjacent to an activating group) is 1. The normalized spacial score (nSPS) is 18.0. The molecule has 1 fully saturated rings. The molecule has 0 saturated carbocycles. The Morgan fingerprint density at radius 2 is 1.96 bits per heavy atom. The number of nitrogens with zero attached hydrogens (tertiary/aromatic N) is 5. The smallest absolute Gasteiger partial charge is 0.237 e. The van der Waals surface area contributed by atoms with E-state index in [2.05, 4.69) is 33.1 Å². The van der Waals surface area contributed by atoms with E-state index in [-0.39, 0.29) is 5.91 Å². The average molecular weight is 390 g/mol. The molecule has 1 saturated heterocycles. The van der Waals surface area contributed by atoms with Crippen LogP contribution in [-0.2, 0) is 11.2 Å². The number of benzene rings is 1. The van der Waals surface area contributed by atoms with E-state index in [1.54, 1.807) is 11.3 Å². The fraction of sp³-hybridized carbons (Fsp3) is 0.500. The van der Waals surface area contributed by atoms with Crippen LogP contribution in [0.5, 0.6) is 0 Å². The summed E-state index contributed by atoms with van der Waals surface area (Å²) in [6.07, 6.45) is 2.08. The number of carbonyl (C=O) groups excluding carboxylic acids is 1. The number of aryl methyl sites for hydroxylation is 1. The number of piperazine rings is 1. The lowest BCUT2D eigenvalue weighted by molar-refractivity contribution is -0.116. The minimum atomic E-state index is 0.151. The van der Waals surface area contributed by atoms with Gasteiger partial charge in [0, 0.05) is 38.4 Å². The topological polar surface area (TPSA) is 52.6 Å². The number of amides is 1. The second-order valence-electron chi connectivity index (χ2n) is 6.71. The van der Waals surface area contributed by atoms with Gasteiger partial charge in [0.05, 0.1) is 5.75 Å². The molecule has 0 unspecified atom stereocenters. The molecule has 1 aromatic carbocycles. The highest BCUT2D eigenvalue weighted by Gasteiger charge is 2.23. The lowest BCUT2D eigenvalue weighted by Gasteiger charge is -2.31. The summed E-state index contributed by atoms with van der Waals surface area (Å²) in [6, 6.07) is 8.22. The molecule has 0 spiro atoms. The van der Waals surface area contributed by atoms with E-state index < -0.39 is 0 Å². The maximum absolute atomic E-state index is 12.7. The summed E-state index contributed by atoms with van der Waals surface area (Å²) < 4.78 is 0.873. The van der Waals surface area contributed by atoms with Gasteiger partial charge in [0.1, 0.15) is 0 Å². The first-order valence-electron chi connectivity index (χ1n) is 8.99. The van der Waals surface area contributed by atoms with Crippen LogP contribution in [0, 0.1) is 0 Å². The molecule has 138 valence electrons. The summed E-state index contributed by atoms with van der Waals surface area (Å²) in [5.41, 5.74) is 2.34. The molecule has 2 aliphatic heterocycles. The molecule has 6 nitrogen and oxygen atoms in total. The van der Waals surface area contributed by atoms with Crippen molar-refractivity contribution in [1.29, 1.82) is 0 Å². The summed E-state index contributed by atoms with van der Waals surface area (Å²) in [6.45, 7) is 4.88. The summed E-state index contributed by atoms with van der Waals surface area (Å²) in [5, 5.41) is 9.57. The van der Waals surface area contributed by atoms with Gasteiger partial charge in [-0.25, -0.2) is 0 Å². The molecule has 0 aliphatic carbocycles. The van der Waals surface area contributed by atoms with Gasteiger partial charge in [-0.1, -0.05) is 41.3 Å². The standard InChI is InChI=1S/C18H23N5OS2/c1-21-9-11-22(12-10-21)17-19-20-18(26-17)25-13-16(24)23-8-4-6-14-5-2-3-7-15(14)23/h2-3,5,7H,4,6,8-13H2,1H3. The molecule has 0 bridgehead atoms. The van der Waals surface area contributed by atoms with Crippen molar-refractivity contribution in [2.24, 2.45) is 0 Å². The average Bonchev–Trinajstić information content (AvgIpc) is 3.15. The molecule has 4 rings (SSSR count). The number of para-hydroxylation sites is 1. The van der Waals surface area contributed by atoms with E-state index in [4.69, 9.17) is 0 Å². The van der Waals surface area contributed by atoms with Crippen LogP contribution in [0.1, 0.15) is 12.0 Å². The van der Waals surface area contributed by atoms with E-state index in [1.807, 2.05) is 23.1 Å². The van der Waals surface area contributed by atoms with Crippen molar-refractivity contribution < 1.29 is 4.79 Å². The number of aromatic nitrogens is 2. The maximum atomic E-state index is 12.7. The molecule has 2 aliphatic rings. The van der Waals surface area contributed by atoms with Crippen LogP contribution in [0.25, 0.3) is 0 Å². The molecule has 1 amide bonds. The highest BCUT2D eigenvalue weighted by atomic mass is 32.2. The fourth-order valence-electron chi connectivity index (χ4n) is 3.38. The predicted octanol–water partition coefficient (Wildman–Crippen LogP) is 2.36. The van der Waals surface area contributed by atoms with Crippen molar-refractivity contribution in [3.8, 4) is 0 Å². The van der Waals surface area contributed by atoms with E-state index in [1.165, 1.54) is 17.3 Å². The third kappa shape index (κ3) is 3.87. The summed E-state index contributed by atoms with van der Waals surface area (Å²) >= 11 is 3.09.